The molecule has 0 aromatic carbocycles. The average Bonchev–Trinajstić information content (AvgIpc) is 3.41. The summed E-state index contributed by atoms with van der Waals surface area (Å²) in [5, 5.41) is 12.9. The first kappa shape index (κ1) is 17.7. The number of carbonyl (C=O) groups is 2. The fraction of sp³-hybridized carbons (Fsp3) is 0.524. The smallest absolute Gasteiger partial charge is 0.340 e. The molecule has 0 bridgehead atoms. The number of carboxylic acid groups (broad SMARTS) is 1. The lowest BCUT2D eigenvalue weighted by Crippen LogP contribution is -2.50. The van der Waals surface area contributed by atoms with Crippen molar-refractivity contribution in [3.05, 3.63) is 46.6 Å². The Balaban J connectivity index is 1.54. The molecule has 0 radical (unpaired) electrons. The molecule has 28 heavy (non-hydrogen) atoms. The van der Waals surface area contributed by atoms with Gasteiger partial charge in [0, 0.05) is 31.4 Å². The monoisotopic (exact) mass is 385 g/mol. The Morgan fingerprint density at radius 1 is 1.36 bits per heavy atom. The van der Waals surface area contributed by atoms with E-state index in [1.807, 2.05) is 11.8 Å². The summed E-state index contributed by atoms with van der Waals surface area (Å²) in [6.07, 6.45) is 8.02. The summed E-state index contributed by atoms with van der Waals surface area (Å²) >= 11 is 0. The lowest BCUT2D eigenvalue weighted by atomic mass is 9.78. The first-order valence-electron chi connectivity index (χ1n) is 9.98. The second-order valence-electron chi connectivity index (χ2n) is 8.36. The third kappa shape index (κ3) is 2.64. The van der Waals surface area contributed by atoms with Gasteiger partial charge in [-0.15, -0.1) is 0 Å². The van der Waals surface area contributed by atoms with Gasteiger partial charge in [-0.3, -0.25) is 4.79 Å². The molecule has 2 aliphatic carbocycles. The summed E-state index contributed by atoms with van der Waals surface area (Å²) in [6, 6.07) is 0.180. The molecule has 3 heterocycles. The van der Waals surface area contributed by atoms with E-state index in [0.29, 0.717) is 18.8 Å². The lowest BCUT2D eigenvalue weighted by molar-refractivity contribution is -0.136. The Hall–Kier alpha value is -2.41. The summed E-state index contributed by atoms with van der Waals surface area (Å²) in [5.74, 6) is -2.92. The second-order valence-corrected chi connectivity index (χ2v) is 8.36. The third-order valence-electron chi connectivity index (χ3n) is 6.56. The van der Waals surface area contributed by atoms with Crippen molar-refractivity contribution >= 4 is 11.8 Å². The van der Waals surface area contributed by atoms with Gasteiger partial charge in [-0.05, 0) is 50.0 Å². The molecule has 3 unspecified atom stereocenters. The van der Waals surface area contributed by atoms with Crippen molar-refractivity contribution in [1.82, 2.24) is 15.1 Å². The van der Waals surface area contributed by atoms with Gasteiger partial charge in [0.15, 0.2) is 5.78 Å². The highest BCUT2D eigenvalue weighted by molar-refractivity contribution is 6.18. The largest absolute Gasteiger partial charge is 0.478 e. The second kappa shape index (κ2) is 6.30. The van der Waals surface area contributed by atoms with Crippen LogP contribution < -0.4 is 5.32 Å². The number of hydrogen-bond acceptors (Lipinski definition) is 5. The number of rotatable bonds is 3. The molecule has 5 aliphatic rings. The Bertz CT molecular complexity index is 883. The number of carbonyl (C=O) groups excluding carboxylic acids is 1. The van der Waals surface area contributed by atoms with Crippen LogP contribution in [0.3, 0.4) is 0 Å². The van der Waals surface area contributed by atoms with Crippen LogP contribution >= 0.6 is 0 Å². The number of nitrogens with one attached hydrogen (secondary N) is 1. The summed E-state index contributed by atoms with van der Waals surface area (Å²) in [6.45, 7) is 4.24. The van der Waals surface area contributed by atoms with Gasteiger partial charge in [-0.2, -0.15) is 0 Å². The number of aliphatic carboxylic acids is 1. The molecule has 1 saturated heterocycles. The number of carboxylic acids is 1. The Labute approximate surface area is 163 Å². The fourth-order valence-corrected chi connectivity index (χ4v) is 5.11. The van der Waals surface area contributed by atoms with E-state index >= 15 is 4.39 Å². The van der Waals surface area contributed by atoms with E-state index in [4.69, 9.17) is 0 Å². The lowest BCUT2D eigenvalue weighted by Gasteiger charge is -2.43. The van der Waals surface area contributed by atoms with Crippen LogP contribution in [-0.4, -0.2) is 64.4 Å². The molecule has 5 rings (SSSR count). The van der Waals surface area contributed by atoms with Crippen LogP contribution in [0.25, 0.3) is 0 Å². The zero-order valence-electron chi connectivity index (χ0n) is 15.8. The maximum atomic E-state index is 15.2. The van der Waals surface area contributed by atoms with E-state index in [2.05, 4.69) is 16.3 Å². The molecule has 7 heteroatoms. The third-order valence-corrected chi connectivity index (χ3v) is 6.56. The van der Waals surface area contributed by atoms with Gasteiger partial charge in [0.2, 0.25) is 0 Å². The van der Waals surface area contributed by atoms with Crippen molar-refractivity contribution in [3.63, 3.8) is 0 Å². The zero-order valence-corrected chi connectivity index (χ0v) is 15.8. The van der Waals surface area contributed by atoms with Crippen LogP contribution in [0.2, 0.25) is 0 Å². The van der Waals surface area contributed by atoms with Gasteiger partial charge in [0.05, 0.1) is 17.7 Å². The zero-order chi connectivity index (χ0) is 19.6. The highest BCUT2D eigenvalue weighted by atomic mass is 19.1. The molecule has 6 nitrogen and oxygen atoms in total. The summed E-state index contributed by atoms with van der Waals surface area (Å²) in [5.41, 5.74) is 2.46. The molecule has 0 aromatic rings. The van der Waals surface area contributed by atoms with Crippen molar-refractivity contribution in [2.45, 2.75) is 44.3 Å². The minimum Gasteiger partial charge on any atom is -0.478 e. The van der Waals surface area contributed by atoms with E-state index < -0.39 is 23.5 Å². The van der Waals surface area contributed by atoms with E-state index in [-0.39, 0.29) is 23.7 Å². The number of ketones is 1. The van der Waals surface area contributed by atoms with Gasteiger partial charge in [-0.25, -0.2) is 9.18 Å². The highest BCUT2D eigenvalue weighted by Gasteiger charge is 2.48. The predicted molar refractivity (Wildman–Crippen MR) is 101 cm³/mol. The number of fused-ring (bicyclic) bond motifs is 2. The van der Waals surface area contributed by atoms with Crippen LogP contribution in [0, 0.1) is 5.92 Å². The highest BCUT2D eigenvalue weighted by Crippen LogP contribution is 2.44. The van der Waals surface area contributed by atoms with Crippen LogP contribution in [-0.2, 0) is 9.59 Å². The number of nitrogens with zero attached hydrogens (tertiary/aromatic N) is 2. The van der Waals surface area contributed by atoms with Crippen molar-refractivity contribution in [2.75, 3.05) is 19.6 Å². The van der Waals surface area contributed by atoms with Crippen LogP contribution in [0.5, 0.6) is 0 Å². The number of allylic oxidation sites excluding steroid dienone is 1. The number of halogens is 1. The van der Waals surface area contributed by atoms with Gasteiger partial charge in [-0.1, -0.05) is 6.08 Å². The number of hydrogen-bond donors (Lipinski definition) is 2. The first-order chi connectivity index (χ1) is 13.5. The normalized spacial score (nSPS) is 32.6. The Kier molecular flexibility index (Phi) is 3.98. The SMILES string of the molecule is CC1=C(N2CC3=CCCNC3C2)C(F)=CC2C(=O)C(C(=O)O)=CN(C3CC3)C12. The standard InChI is InChI=1S/C21H24FN3O3/c1-11-18-14(20(26)15(21(27)28)9-25(18)13-4-5-13)7-16(22)19(11)24-8-12-3-2-6-23-17(12)10-24/h3,7,9,13-14,17-18,23H,2,4-6,8,10H2,1H3,(H,27,28). The summed E-state index contributed by atoms with van der Waals surface area (Å²) in [7, 11) is 0. The predicted octanol–water partition coefficient (Wildman–Crippen LogP) is 1.73. The van der Waals surface area contributed by atoms with E-state index in [9.17, 15) is 14.7 Å². The van der Waals surface area contributed by atoms with E-state index in [1.54, 1.807) is 0 Å². The molecule has 0 amide bonds. The molecule has 2 N–H and O–H groups in total. The average molecular weight is 385 g/mol. The van der Waals surface area contributed by atoms with Crippen molar-refractivity contribution in [1.29, 1.82) is 0 Å². The quantitative estimate of drug-likeness (QED) is 0.570. The van der Waals surface area contributed by atoms with Crippen LogP contribution in [0.15, 0.2) is 46.6 Å². The Morgan fingerprint density at radius 2 is 2.14 bits per heavy atom. The van der Waals surface area contributed by atoms with Gasteiger partial charge in [0.1, 0.15) is 11.4 Å². The molecular weight excluding hydrogens is 361 g/mol. The summed E-state index contributed by atoms with van der Waals surface area (Å²) < 4.78 is 15.2. The van der Waals surface area contributed by atoms with Gasteiger partial charge in [0.25, 0.3) is 0 Å². The fourth-order valence-electron chi connectivity index (χ4n) is 5.11. The molecule has 1 saturated carbocycles. The Morgan fingerprint density at radius 3 is 2.82 bits per heavy atom. The molecule has 3 aliphatic heterocycles. The molecule has 148 valence electrons. The van der Waals surface area contributed by atoms with E-state index in [0.717, 1.165) is 31.4 Å². The van der Waals surface area contributed by atoms with E-state index in [1.165, 1.54) is 17.8 Å². The maximum Gasteiger partial charge on any atom is 0.340 e. The van der Waals surface area contributed by atoms with Crippen molar-refractivity contribution in [2.24, 2.45) is 5.92 Å². The van der Waals surface area contributed by atoms with Crippen LogP contribution in [0.1, 0.15) is 26.2 Å². The van der Waals surface area contributed by atoms with Gasteiger partial charge >= 0.3 is 5.97 Å². The molecule has 0 spiro atoms. The van der Waals surface area contributed by atoms with Crippen molar-refractivity contribution in [3.8, 4) is 0 Å². The molecule has 3 atom stereocenters. The first-order valence-corrected chi connectivity index (χ1v) is 9.98. The number of Topliss-reactive ketones (excluding diaryl/α,β-unsaturated/α-hetero) is 1. The summed E-state index contributed by atoms with van der Waals surface area (Å²) in [4.78, 5) is 28.4. The maximum absolute atomic E-state index is 15.2. The minimum atomic E-state index is -1.24. The minimum absolute atomic E-state index is 0.228. The molecule has 2 fully saturated rings. The number of likely N-dealkylation sites (tertiary alicyclic amines) is 1. The van der Waals surface area contributed by atoms with Crippen molar-refractivity contribution < 1.29 is 19.1 Å². The molecular formula is C21H24FN3O3. The van der Waals surface area contributed by atoms with Crippen LogP contribution in [0.4, 0.5) is 4.39 Å². The van der Waals surface area contributed by atoms with Gasteiger partial charge < -0.3 is 20.2 Å². The molecule has 0 aromatic heterocycles. The topological polar surface area (TPSA) is 72.9 Å².